The van der Waals surface area contributed by atoms with Crippen molar-refractivity contribution in [2.24, 2.45) is 11.8 Å². The summed E-state index contributed by atoms with van der Waals surface area (Å²) in [6, 6.07) is 8.55. The summed E-state index contributed by atoms with van der Waals surface area (Å²) in [7, 11) is -3.55. The van der Waals surface area contributed by atoms with Crippen molar-refractivity contribution < 1.29 is 31.2 Å². The second-order valence-electron chi connectivity index (χ2n) is 8.66. The third-order valence-corrected chi connectivity index (χ3v) is 7.11. The summed E-state index contributed by atoms with van der Waals surface area (Å²) in [6.45, 7) is 1.27. The molecule has 1 saturated carbocycles. The lowest BCUT2D eigenvalue weighted by Gasteiger charge is -2.47. The van der Waals surface area contributed by atoms with Gasteiger partial charge >= 0.3 is 0 Å². The molecule has 0 aromatic heterocycles. The molecule has 1 saturated heterocycles. The Kier molecular flexibility index (Phi) is 5.86. The summed E-state index contributed by atoms with van der Waals surface area (Å²) in [5.74, 6) is -4.07. The average molecular weight is 481 g/mol. The Morgan fingerprint density at radius 3 is 2.36 bits per heavy atom. The van der Waals surface area contributed by atoms with E-state index in [0.29, 0.717) is 0 Å². The third-order valence-electron chi connectivity index (χ3n) is 6.42. The van der Waals surface area contributed by atoms with Crippen molar-refractivity contribution in [3.63, 3.8) is 0 Å². The predicted octanol–water partition coefficient (Wildman–Crippen LogP) is 2.78. The minimum atomic E-state index is -3.55. The van der Waals surface area contributed by atoms with Gasteiger partial charge in [0.2, 0.25) is 15.9 Å². The Balaban J connectivity index is 1.60. The molecule has 2 aromatic rings. The van der Waals surface area contributed by atoms with Gasteiger partial charge in [0.1, 0.15) is 23.1 Å². The van der Waals surface area contributed by atoms with Gasteiger partial charge in [-0.25, -0.2) is 26.3 Å². The normalized spacial score (nSPS) is 26.6. The summed E-state index contributed by atoms with van der Waals surface area (Å²) in [6.07, 6.45) is 0.791. The molecule has 4 rings (SSSR count). The molecule has 2 aliphatic rings. The first-order valence-electron chi connectivity index (χ1n) is 10.4. The number of amides is 1. The van der Waals surface area contributed by atoms with E-state index >= 15 is 4.39 Å². The summed E-state index contributed by atoms with van der Waals surface area (Å²) < 4.78 is 70.0. The number of Topliss-reactive ketones (excluding diaryl/α,β-unsaturated/α-hetero) is 1. The quantitative estimate of drug-likeness (QED) is 0.661. The minimum Gasteiger partial charge on any atom is -0.336 e. The van der Waals surface area contributed by atoms with Crippen LogP contribution in [0.1, 0.15) is 18.9 Å². The monoisotopic (exact) mass is 480 g/mol. The van der Waals surface area contributed by atoms with Gasteiger partial charge in [0.25, 0.3) is 0 Å². The fourth-order valence-electron chi connectivity index (χ4n) is 4.53. The standard InChI is InChI=1S/C23H23F3N2O4S/c1-13(29)15-12-28(20(15)11-27-33(2,31)32)22(30)17-10-23(17,26)16-7-4-3-6-14(16)21-18(24)8-5-9-19(21)25/h3-9,15,17,20,27H,10-12H2,1-2H3/t15-,17-,20-,23+/m0/s1. The highest BCUT2D eigenvalue weighted by Gasteiger charge is 2.64. The molecule has 1 aliphatic carbocycles. The van der Waals surface area contributed by atoms with Gasteiger partial charge in [-0.05, 0) is 30.2 Å². The molecular weight excluding hydrogens is 457 g/mol. The van der Waals surface area contributed by atoms with Gasteiger partial charge in [-0.15, -0.1) is 0 Å². The molecule has 0 spiro atoms. The number of sulfonamides is 1. The molecule has 1 amide bonds. The van der Waals surface area contributed by atoms with Crippen LogP contribution < -0.4 is 4.72 Å². The highest BCUT2D eigenvalue weighted by Crippen LogP contribution is 2.59. The van der Waals surface area contributed by atoms with Crippen LogP contribution in [0.2, 0.25) is 0 Å². The van der Waals surface area contributed by atoms with Crippen molar-refractivity contribution in [3.8, 4) is 11.1 Å². The van der Waals surface area contributed by atoms with Crippen molar-refractivity contribution in [1.82, 2.24) is 9.62 Å². The molecule has 176 valence electrons. The largest absolute Gasteiger partial charge is 0.336 e. The zero-order chi connectivity index (χ0) is 24.1. The Morgan fingerprint density at radius 1 is 1.12 bits per heavy atom. The smallest absolute Gasteiger partial charge is 0.229 e. The van der Waals surface area contributed by atoms with Gasteiger partial charge in [-0.3, -0.25) is 9.59 Å². The number of carbonyl (C=O) groups is 2. The zero-order valence-corrected chi connectivity index (χ0v) is 18.8. The van der Waals surface area contributed by atoms with Crippen LogP contribution in [-0.2, 0) is 25.3 Å². The number of alkyl halides is 1. The van der Waals surface area contributed by atoms with Crippen LogP contribution >= 0.6 is 0 Å². The van der Waals surface area contributed by atoms with Crippen LogP contribution in [0.3, 0.4) is 0 Å². The van der Waals surface area contributed by atoms with Crippen molar-refractivity contribution >= 4 is 21.7 Å². The maximum absolute atomic E-state index is 16.0. The van der Waals surface area contributed by atoms with Crippen LogP contribution in [0, 0.1) is 23.5 Å². The number of rotatable bonds is 7. The molecule has 10 heteroatoms. The van der Waals surface area contributed by atoms with Gasteiger partial charge < -0.3 is 4.90 Å². The lowest BCUT2D eigenvalue weighted by atomic mass is 9.84. The van der Waals surface area contributed by atoms with E-state index in [1.54, 1.807) is 0 Å². The van der Waals surface area contributed by atoms with E-state index < -0.39 is 51.1 Å². The summed E-state index contributed by atoms with van der Waals surface area (Å²) in [5.41, 5.74) is -2.44. The second kappa shape index (κ2) is 8.25. The van der Waals surface area contributed by atoms with Crippen LogP contribution in [-0.4, -0.2) is 50.4 Å². The van der Waals surface area contributed by atoms with E-state index in [4.69, 9.17) is 0 Å². The number of halogens is 3. The number of hydrogen-bond acceptors (Lipinski definition) is 4. The summed E-state index contributed by atoms with van der Waals surface area (Å²) in [4.78, 5) is 26.3. The zero-order valence-electron chi connectivity index (χ0n) is 18.0. The average Bonchev–Trinajstić information content (AvgIpc) is 3.39. The molecule has 1 heterocycles. The number of benzene rings is 2. The van der Waals surface area contributed by atoms with E-state index in [9.17, 15) is 26.8 Å². The van der Waals surface area contributed by atoms with Gasteiger partial charge in [0.05, 0.1) is 29.7 Å². The van der Waals surface area contributed by atoms with Crippen molar-refractivity contribution in [2.45, 2.75) is 25.1 Å². The first-order valence-corrected chi connectivity index (χ1v) is 12.3. The SMILES string of the molecule is CC(=O)[C@@H]1CN(C(=O)[C@@H]2C[C@@]2(F)c2ccccc2-c2c(F)cccc2F)[C@H]1CNS(C)(=O)=O. The Labute approximate surface area is 189 Å². The van der Waals surface area contributed by atoms with Gasteiger partial charge in [-0.2, -0.15) is 0 Å². The maximum atomic E-state index is 16.0. The van der Waals surface area contributed by atoms with E-state index in [-0.39, 0.29) is 42.0 Å². The van der Waals surface area contributed by atoms with E-state index in [0.717, 1.165) is 18.4 Å². The molecule has 1 N–H and O–H groups in total. The fraction of sp³-hybridized carbons (Fsp3) is 0.391. The lowest BCUT2D eigenvalue weighted by Crippen LogP contribution is -2.65. The molecule has 2 aromatic carbocycles. The molecular formula is C23H23F3N2O4S. The molecule has 1 aliphatic heterocycles. The van der Waals surface area contributed by atoms with Crippen molar-refractivity contribution in [1.29, 1.82) is 0 Å². The topological polar surface area (TPSA) is 83.6 Å². The van der Waals surface area contributed by atoms with Crippen molar-refractivity contribution in [2.75, 3.05) is 19.3 Å². The predicted molar refractivity (Wildman–Crippen MR) is 115 cm³/mol. The number of likely N-dealkylation sites (tertiary alicyclic amines) is 1. The number of nitrogens with zero attached hydrogens (tertiary/aromatic N) is 1. The highest BCUT2D eigenvalue weighted by atomic mass is 32.2. The molecule has 0 radical (unpaired) electrons. The molecule has 0 bridgehead atoms. The van der Waals surface area contributed by atoms with Crippen molar-refractivity contribution in [3.05, 3.63) is 59.7 Å². The number of hydrogen-bond donors (Lipinski definition) is 1. The third kappa shape index (κ3) is 4.29. The lowest BCUT2D eigenvalue weighted by molar-refractivity contribution is -0.150. The van der Waals surface area contributed by atoms with Gasteiger partial charge in [-0.1, -0.05) is 30.3 Å². The van der Waals surface area contributed by atoms with Crippen LogP contribution in [0.4, 0.5) is 13.2 Å². The molecule has 0 unspecified atom stereocenters. The number of ketones is 1. The molecule has 2 fully saturated rings. The van der Waals surface area contributed by atoms with E-state index in [1.807, 2.05) is 0 Å². The van der Waals surface area contributed by atoms with Crippen LogP contribution in [0.25, 0.3) is 11.1 Å². The second-order valence-corrected chi connectivity index (χ2v) is 10.5. The van der Waals surface area contributed by atoms with Crippen LogP contribution in [0.5, 0.6) is 0 Å². The molecule has 6 nitrogen and oxygen atoms in total. The first-order chi connectivity index (χ1) is 15.4. The Morgan fingerprint density at radius 2 is 1.76 bits per heavy atom. The number of nitrogens with one attached hydrogen (secondary N) is 1. The first kappa shape index (κ1) is 23.4. The van der Waals surface area contributed by atoms with Gasteiger partial charge in [0, 0.05) is 19.5 Å². The molecule has 4 atom stereocenters. The number of carbonyl (C=O) groups excluding carboxylic acids is 2. The minimum absolute atomic E-state index is 0.0156. The summed E-state index contributed by atoms with van der Waals surface area (Å²) >= 11 is 0. The van der Waals surface area contributed by atoms with Crippen LogP contribution in [0.15, 0.2) is 42.5 Å². The fourth-order valence-corrected chi connectivity index (χ4v) is 5.00. The van der Waals surface area contributed by atoms with E-state index in [2.05, 4.69) is 4.72 Å². The summed E-state index contributed by atoms with van der Waals surface area (Å²) in [5, 5.41) is 0. The highest BCUT2D eigenvalue weighted by molar-refractivity contribution is 7.88. The Bertz CT molecular complexity index is 1220. The maximum Gasteiger partial charge on any atom is 0.229 e. The Hall–Kier alpha value is -2.72. The van der Waals surface area contributed by atoms with Gasteiger partial charge in [0.15, 0.2) is 0 Å². The molecule has 33 heavy (non-hydrogen) atoms. The van der Waals surface area contributed by atoms with E-state index in [1.165, 1.54) is 42.2 Å².